The summed E-state index contributed by atoms with van der Waals surface area (Å²) in [6, 6.07) is 10.4. The summed E-state index contributed by atoms with van der Waals surface area (Å²) in [5.41, 5.74) is 3.31. The standard InChI is InChI=1S/C31H39N5O7/c1-18-13-36(19(2)16-37)29(38)12-23-11-24(32-31(39)33-30-20(3)34-43-21(30)4)7-9-25(23)42-28(18)15-35(5)14-22-6-8-26-27(10-22)41-17-40-26/h6-11,18-19,28,37H,12-17H2,1-5H3,(H2,32,33,39)/t18-,19+,28-/m0/s1. The van der Waals surface area contributed by atoms with Crippen molar-refractivity contribution in [1.82, 2.24) is 15.0 Å². The van der Waals surface area contributed by atoms with Gasteiger partial charge in [0.2, 0.25) is 12.7 Å². The van der Waals surface area contributed by atoms with Gasteiger partial charge in [-0.25, -0.2) is 4.79 Å². The highest BCUT2D eigenvalue weighted by Gasteiger charge is 2.31. The number of aliphatic hydroxyl groups excluding tert-OH is 1. The summed E-state index contributed by atoms with van der Waals surface area (Å²) in [5.74, 6) is 2.41. The van der Waals surface area contributed by atoms with Crippen LogP contribution in [0.25, 0.3) is 0 Å². The van der Waals surface area contributed by atoms with E-state index in [0.29, 0.717) is 53.8 Å². The molecule has 12 heteroatoms. The first-order valence-electron chi connectivity index (χ1n) is 14.4. The molecule has 3 N–H and O–H groups in total. The Labute approximate surface area is 250 Å². The topological polar surface area (TPSA) is 139 Å². The van der Waals surface area contributed by atoms with Crippen molar-refractivity contribution in [3.05, 3.63) is 59.0 Å². The van der Waals surface area contributed by atoms with E-state index in [1.807, 2.05) is 32.2 Å². The third-order valence-electron chi connectivity index (χ3n) is 7.83. The molecule has 2 aromatic carbocycles. The van der Waals surface area contributed by atoms with Crippen LogP contribution in [0.15, 0.2) is 40.9 Å². The Morgan fingerprint density at radius 1 is 1.14 bits per heavy atom. The number of anilines is 2. The molecule has 0 spiro atoms. The molecule has 3 atom stereocenters. The fourth-order valence-corrected chi connectivity index (χ4v) is 5.39. The molecule has 0 unspecified atom stereocenters. The molecule has 2 aliphatic rings. The minimum Gasteiger partial charge on any atom is -0.488 e. The molecular formula is C31H39N5O7. The highest BCUT2D eigenvalue weighted by atomic mass is 16.7. The summed E-state index contributed by atoms with van der Waals surface area (Å²) in [7, 11) is 2.03. The number of fused-ring (bicyclic) bond motifs is 2. The molecule has 3 amide bonds. The summed E-state index contributed by atoms with van der Waals surface area (Å²) in [6.07, 6.45) is -0.202. The number of carbonyl (C=O) groups excluding carboxylic acids is 2. The minimum atomic E-state index is -0.461. The zero-order valence-corrected chi connectivity index (χ0v) is 25.2. The molecule has 43 heavy (non-hydrogen) atoms. The van der Waals surface area contributed by atoms with Gasteiger partial charge in [-0.1, -0.05) is 18.1 Å². The van der Waals surface area contributed by atoms with Crippen molar-refractivity contribution in [1.29, 1.82) is 0 Å². The zero-order valence-electron chi connectivity index (χ0n) is 25.2. The second kappa shape index (κ2) is 12.9. The van der Waals surface area contributed by atoms with Crippen molar-refractivity contribution in [2.45, 2.75) is 52.8 Å². The molecular weight excluding hydrogens is 554 g/mol. The maximum atomic E-state index is 13.5. The molecule has 3 aromatic rings. The van der Waals surface area contributed by atoms with Crippen LogP contribution in [0, 0.1) is 19.8 Å². The van der Waals surface area contributed by atoms with Crippen molar-refractivity contribution in [3.8, 4) is 17.2 Å². The van der Waals surface area contributed by atoms with Gasteiger partial charge >= 0.3 is 6.03 Å². The summed E-state index contributed by atoms with van der Waals surface area (Å²) in [4.78, 5) is 30.2. The van der Waals surface area contributed by atoms with Crippen LogP contribution in [0.2, 0.25) is 0 Å². The van der Waals surface area contributed by atoms with E-state index < -0.39 is 6.03 Å². The highest BCUT2D eigenvalue weighted by molar-refractivity contribution is 6.00. The van der Waals surface area contributed by atoms with Gasteiger partial charge in [-0.3, -0.25) is 9.69 Å². The third-order valence-corrected chi connectivity index (χ3v) is 7.83. The van der Waals surface area contributed by atoms with Crippen LogP contribution < -0.4 is 24.8 Å². The Morgan fingerprint density at radius 3 is 2.65 bits per heavy atom. The van der Waals surface area contributed by atoms with Crippen molar-refractivity contribution < 1.29 is 33.4 Å². The first-order valence-corrected chi connectivity index (χ1v) is 14.4. The first-order chi connectivity index (χ1) is 20.6. The van der Waals surface area contributed by atoms with Gasteiger partial charge < -0.3 is 39.4 Å². The Kier molecular flexibility index (Phi) is 9.07. The molecule has 230 valence electrons. The lowest BCUT2D eigenvalue weighted by atomic mass is 10.0. The van der Waals surface area contributed by atoms with E-state index >= 15 is 0 Å². The van der Waals surface area contributed by atoms with E-state index in [1.165, 1.54) is 0 Å². The molecule has 0 saturated carbocycles. The number of hydrogen-bond acceptors (Lipinski definition) is 9. The molecule has 0 radical (unpaired) electrons. The predicted molar refractivity (Wildman–Crippen MR) is 160 cm³/mol. The van der Waals surface area contributed by atoms with Gasteiger partial charge in [-0.15, -0.1) is 0 Å². The van der Waals surface area contributed by atoms with Crippen LogP contribution in [-0.2, 0) is 17.8 Å². The fraction of sp³-hybridized carbons (Fsp3) is 0.452. The average molecular weight is 594 g/mol. The molecule has 3 heterocycles. The maximum Gasteiger partial charge on any atom is 0.323 e. The molecule has 2 aliphatic heterocycles. The minimum absolute atomic E-state index is 0.0401. The van der Waals surface area contributed by atoms with Crippen LogP contribution in [-0.4, -0.2) is 77.7 Å². The lowest BCUT2D eigenvalue weighted by molar-refractivity contribution is -0.134. The van der Waals surface area contributed by atoms with Crippen molar-refractivity contribution in [2.75, 3.05) is 44.2 Å². The van der Waals surface area contributed by atoms with E-state index in [0.717, 1.165) is 17.1 Å². The average Bonchev–Trinajstić information content (AvgIpc) is 3.57. The van der Waals surface area contributed by atoms with Crippen molar-refractivity contribution in [3.63, 3.8) is 0 Å². The summed E-state index contributed by atoms with van der Waals surface area (Å²) >= 11 is 0. The summed E-state index contributed by atoms with van der Waals surface area (Å²) in [5, 5.41) is 19.4. The number of nitrogens with zero attached hydrogens (tertiary/aromatic N) is 3. The molecule has 0 saturated heterocycles. The van der Waals surface area contributed by atoms with E-state index in [-0.39, 0.29) is 43.8 Å². The van der Waals surface area contributed by atoms with Gasteiger partial charge in [-0.2, -0.15) is 0 Å². The normalized spacial score (nSPS) is 18.8. The Bertz CT molecular complexity index is 1460. The van der Waals surface area contributed by atoms with Crippen LogP contribution in [0.1, 0.15) is 36.4 Å². The predicted octanol–water partition coefficient (Wildman–Crippen LogP) is 3.95. The largest absolute Gasteiger partial charge is 0.488 e. The van der Waals surface area contributed by atoms with Crippen LogP contribution in [0.3, 0.4) is 0 Å². The SMILES string of the molecule is Cc1noc(C)c1NC(=O)Nc1ccc2c(c1)CC(=O)N([C@H](C)CO)C[C@H](C)[C@H](CN(C)Cc1ccc3c(c1)OCO3)O2. The van der Waals surface area contributed by atoms with Gasteiger partial charge in [0.05, 0.1) is 19.1 Å². The van der Waals surface area contributed by atoms with Crippen molar-refractivity contribution >= 4 is 23.3 Å². The van der Waals surface area contributed by atoms with Gasteiger partial charge in [0, 0.05) is 36.8 Å². The van der Waals surface area contributed by atoms with E-state index in [9.17, 15) is 14.7 Å². The van der Waals surface area contributed by atoms with E-state index in [1.54, 1.807) is 36.9 Å². The second-order valence-corrected chi connectivity index (χ2v) is 11.4. The molecule has 12 nitrogen and oxygen atoms in total. The number of hydrogen-bond donors (Lipinski definition) is 3. The molecule has 0 aliphatic carbocycles. The van der Waals surface area contributed by atoms with Gasteiger partial charge in [0.1, 0.15) is 23.2 Å². The quantitative estimate of drug-likeness (QED) is 0.354. The first kappa shape index (κ1) is 30.2. The van der Waals surface area contributed by atoms with Crippen molar-refractivity contribution in [2.24, 2.45) is 5.92 Å². The lowest BCUT2D eigenvalue weighted by Gasteiger charge is -2.34. The van der Waals surface area contributed by atoms with E-state index in [4.69, 9.17) is 18.7 Å². The van der Waals surface area contributed by atoms with Crippen LogP contribution >= 0.6 is 0 Å². The number of urea groups is 1. The number of aromatic nitrogens is 1. The summed E-state index contributed by atoms with van der Waals surface area (Å²) in [6.45, 7) is 9.12. The second-order valence-electron chi connectivity index (χ2n) is 11.4. The van der Waals surface area contributed by atoms with Gasteiger partial charge in [0.25, 0.3) is 0 Å². The smallest absolute Gasteiger partial charge is 0.323 e. The number of amides is 3. The number of ether oxygens (including phenoxy) is 3. The Hall–Kier alpha value is -4.29. The number of aryl methyl sites for hydroxylation is 2. The lowest BCUT2D eigenvalue weighted by Crippen LogP contribution is -2.47. The maximum absolute atomic E-state index is 13.5. The fourth-order valence-electron chi connectivity index (χ4n) is 5.39. The summed E-state index contributed by atoms with van der Waals surface area (Å²) < 4.78 is 22.7. The Morgan fingerprint density at radius 2 is 1.91 bits per heavy atom. The number of carbonyl (C=O) groups is 2. The van der Waals surface area contributed by atoms with Crippen LogP contribution in [0.4, 0.5) is 16.2 Å². The molecule has 0 fully saturated rings. The number of likely N-dealkylation sites (N-methyl/N-ethyl adjacent to an activating group) is 1. The van der Waals surface area contributed by atoms with Gasteiger partial charge in [-0.05, 0) is 63.7 Å². The van der Waals surface area contributed by atoms with E-state index in [2.05, 4.69) is 27.6 Å². The monoisotopic (exact) mass is 593 g/mol. The number of rotatable bonds is 8. The zero-order chi connectivity index (χ0) is 30.7. The molecule has 0 bridgehead atoms. The highest BCUT2D eigenvalue weighted by Crippen LogP contribution is 2.33. The van der Waals surface area contributed by atoms with Crippen LogP contribution in [0.5, 0.6) is 17.2 Å². The third kappa shape index (κ3) is 7.03. The Balaban J connectivity index is 1.36. The molecule has 5 rings (SSSR count). The van der Waals surface area contributed by atoms with Gasteiger partial charge in [0.15, 0.2) is 17.3 Å². The number of nitrogens with one attached hydrogen (secondary N) is 2. The molecule has 1 aromatic heterocycles. The number of aliphatic hydroxyl groups is 1. The number of benzene rings is 2.